The molecule has 0 saturated heterocycles. The first-order chi connectivity index (χ1) is 9.82. The van der Waals surface area contributed by atoms with Crippen LogP contribution in [-0.4, -0.2) is 11.1 Å². The molecule has 2 rings (SSSR count). The quantitative estimate of drug-likeness (QED) is 0.511. The van der Waals surface area contributed by atoms with Gasteiger partial charge in [-0.25, -0.2) is 9.18 Å². The van der Waals surface area contributed by atoms with Crippen LogP contribution in [0.3, 0.4) is 0 Å². The van der Waals surface area contributed by atoms with E-state index in [2.05, 4.69) is 21.2 Å². The number of halogens is 4. The van der Waals surface area contributed by atoms with Crippen molar-refractivity contribution in [3.05, 3.63) is 50.2 Å². The van der Waals surface area contributed by atoms with Crippen molar-refractivity contribution >= 4 is 62.2 Å². The van der Waals surface area contributed by atoms with E-state index in [1.165, 1.54) is 6.07 Å². The standard InChI is InChI=1S/C13H8BrCl2FN2O2/c14-5-1-3-8(11(16)10(5)15)19-7-4-2-6(17)12(18)9(7)13(20)21/h1-4,19H,18H2,(H,20,21). The minimum absolute atomic E-state index is 0.113. The summed E-state index contributed by atoms with van der Waals surface area (Å²) in [6, 6.07) is 5.58. The number of carboxylic acid groups (broad SMARTS) is 1. The summed E-state index contributed by atoms with van der Waals surface area (Å²) >= 11 is 15.3. The number of carboxylic acids is 1. The predicted molar refractivity (Wildman–Crippen MR) is 85.2 cm³/mol. The van der Waals surface area contributed by atoms with E-state index < -0.39 is 17.5 Å². The van der Waals surface area contributed by atoms with Gasteiger partial charge in [-0.05, 0) is 40.2 Å². The molecule has 110 valence electrons. The largest absolute Gasteiger partial charge is 0.478 e. The van der Waals surface area contributed by atoms with Crippen molar-refractivity contribution in [3.8, 4) is 0 Å². The lowest BCUT2D eigenvalue weighted by Gasteiger charge is -2.14. The average molecular weight is 394 g/mol. The van der Waals surface area contributed by atoms with E-state index in [1.807, 2.05) is 0 Å². The lowest BCUT2D eigenvalue weighted by atomic mass is 10.1. The second kappa shape index (κ2) is 6.09. The topological polar surface area (TPSA) is 75.3 Å². The van der Waals surface area contributed by atoms with Crippen LogP contribution in [-0.2, 0) is 0 Å². The Morgan fingerprint density at radius 3 is 2.43 bits per heavy atom. The molecule has 8 heteroatoms. The maximum absolute atomic E-state index is 13.4. The highest BCUT2D eigenvalue weighted by Gasteiger charge is 2.19. The van der Waals surface area contributed by atoms with E-state index in [-0.39, 0.29) is 21.3 Å². The number of hydrogen-bond acceptors (Lipinski definition) is 3. The van der Waals surface area contributed by atoms with Gasteiger partial charge in [0, 0.05) is 4.47 Å². The van der Waals surface area contributed by atoms with Crippen molar-refractivity contribution in [1.82, 2.24) is 0 Å². The van der Waals surface area contributed by atoms with Crippen LogP contribution in [0, 0.1) is 5.82 Å². The summed E-state index contributed by atoms with van der Waals surface area (Å²) in [5.41, 5.74) is 5.13. The van der Waals surface area contributed by atoms with E-state index in [1.54, 1.807) is 12.1 Å². The molecule has 0 aliphatic rings. The molecule has 0 amide bonds. The Hall–Kier alpha value is -1.50. The van der Waals surface area contributed by atoms with E-state index in [0.717, 1.165) is 6.07 Å². The summed E-state index contributed by atoms with van der Waals surface area (Å²) in [5, 5.41) is 12.4. The second-order valence-electron chi connectivity index (χ2n) is 4.04. The van der Waals surface area contributed by atoms with Crippen molar-refractivity contribution in [1.29, 1.82) is 0 Å². The SMILES string of the molecule is Nc1c(F)ccc(Nc2ccc(Br)c(Cl)c2Cl)c1C(=O)O. The summed E-state index contributed by atoms with van der Waals surface area (Å²) in [7, 11) is 0. The van der Waals surface area contributed by atoms with Crippen LogP contribution in [0.2, 0.25) is 10.0 Å². The third-order valence-electron chi connectivity index (χ3n) is 2.71. The van der Waals surface area contributed by atoms with Crippen LogP contribution in [0.15, 0.2) is 28.7 Å². The minimum atomic E-state index is -1.35. The molecule has 0 unspecified atom stereocenters. The minimum Gasteiger partial charge on any atom is -0.478 e. The molecule has 0 aliphatic carbocycles. The van der Waals surface area contributed by atoms with Crippen LogP contribution in [0.5, 0.6) is 0 Å². The van der Waals surface area contributed by atoms with Crippen molar-refractivity contribution in [2.75, 3.05) is 11.1 Å². The zero-order valence-electron chi connectivity index (χ0n) is 10.3. The van der Waals surface area contributed by atoms with Gasteiger partial charge in [-0.15, -0.1) is 0 Å². The molecule has 0 radical (unpaired) electrons. The van der Waals surface area contributed by atoms with E-state index >= 15 is 0 Å². The third kappa shape index (κ3) is 3.07. The summed E-state index contributed by atoms with van der Waals surface area (Å²) in [5.74, 6) is -2.16. The summed E-state index contributed by atoms with van der Waals surface area (Å²) < 4.78 is 14.0. The highest BCUT2D eigenvalue weighted by Crippen LogP contribution is 2.38. The van der Waals surface area contributed by atoms with Crippen molar-refractivity contribution in [2.24, 2.45) is 0 Å². The molecule has 0 spiro atoms. The van der Waals surface area contributed by atoms with Crippen LogP contribution < -0.4 is 11.1 Å². The Labute approximate surface area is 137 Å². The van der Waals surface area contributed by atoms with Gasteiger partial charge in [0.2, 0.25) is 0 Å². The van der Waals surface area contributed by atoms with Crippen LogP contribution in [0.4, 0.5) is 21.5 Å². The van der Waals surface area contributed by atoms with Gasteiger partial charge in [-0.2, -0.15) is 0 Å². The predicted octanol–water partition coefficient (Wildman–Crippen LogP) is 4.92. The molecule has 0 saturated carbocycles. The van der Waals surface area contributed by atoms with Crippen molar-refractivity contribution in [2.45, 2.75) is 0 Å². The molecule has 21 heavy (non-hydrogen) atoms. The lowest BCUT2D eigenvalue weighted by Crippen LogP contribution is -2.09. The van der Waals surface area contributed by atoms with Gasteiger partial charge in [-0.3, -0.25) is 0 Å². The molecular weight excluding hydrogens is 386 g/mol. The Balaban J connectivity index is 2.53. The smallest absolute Gasteiger partial charge is 0.340 e. The fourth-order valence-electron chi connectivity index (χ4n) is 1.70. The highest BCUT2D eigenvalue weighted by atomic mass is 79.9. The van der Waals surface area contributed by atoms with Crippen LogP contribution in [0.1, 0.15) is 10.4 Å². The van der Waals surface area contributed by atoms with Gasteiger partial charge in [0.1, 0.15) is 11.4 Å². The first-order valence-corrected chi connectivity index (χ1v) is 7.09. The molecule has 4 N–H and O–H groups in total. The first kappa shape index (κ1) is 15.9. The van der Waals surface area contributed by atoms with Crippen molar-refractivity contribution < 1.29 is 14.3 Å². The Morgan fingerprint density at radius 1 is 1.19 bits per heavy atom. The number of nitrogen functional groups attached to an aromatic ring is 1. The van der Waals surface area contributed by atoms with Crippen LogP contribution >= 0.6 is 39.1 Å². The zero-order chi connectivity index (χ0) is 15.7. The number of anilines is 3. The average Bonchev–Trinajstić information content (AvgIpc) is 2.43. The summed E-state index contributed by atoms with van der Waals surface area (Å²) in [6.07, 6.45) is 0. The molecule has 2 aromatic rings. The van der Waals surface area contributed by atoms with E-state index in [9.17, 15) is 9.18 Å². The van der Waals surface area contributed by atoms with Crippen LogP contribution in [0.25, 0.3) is 0 Å². The van der Waals surface area contributed by atoms with Gasteiger partial charge in [-0.1, -0.05) is 23.2 Å². The van der Waals surface area contributed by atoms with Gasteiger partial charge >= 0.3 is 5.97 Å². The molecule has 0 aromatic heterocycles. The number of nitrogens with two attached hydrogens (primary N) is 1. The van der Waals surface area contributed by atoms with Gasteiger partial charge in [0.25, 0.3) is 0 Å². The normalized spacial score (nSPS) is 10.5. The first-order valence-electron chi connectivity index (χ1n) is 5.54. The molecule has 0 aliphatic heterocycles. The van der Waals surface area contributed by atoms with Gasteiger partial charge < -0.3 is 16.2 Å². The number of rotatable bonds is 3. The Kier molecular flexibility index (Phi) is 4.61. The Bertz CT molecular complexity index is 741. The fraction of sp³-hybridized carbons (Fsp3) is 0. The Morgan fingerprint density at radius 2 is 1.81 bits per heavy atom. The highest BCUT2D eigenvalue weighted by molar-refractivity contribution is 9.10. The molecule has 0 heterocycles. The van der Waals surface area contributed by atoms with Crippen molar-refractivity contribution in [3.63, 3.8) is 0 Å². The number of nitrogens with one attached hydrogen (secondary N) is 1. The molecule has 0 fully saturated rings. The molecular formula is C13H8BrCl2FN2O2. The number of hydrogen-bond donors (Lipinski definition) is 3. The van der Waals surface area contributed by atoms with E-state index in [4.69, 9.17) is 34.0 Å². The number of carbonyl (C=O) groups is 1. The fourth-order valence-corrected chi connectivity index (χ4v) is 2.52. The maximum Gasteiger partial charge on any atom is 0.340 e. The maximum atomic E-state index is 13.4. The number of aromatic carboxylic acids is 1. The van der Waals surface area contributed by atoms with E-state index in [0.29, 0.717) is 10.2 Å². The van der Waals surface area contributed by atoms with Gasteiger partial charge in [0.15, 0.2) is 0 Å². The zero-order valence-corrected chi connectivity index (χ0v) is 13.4. The summed E-state index contributed by atoms with van der Waals surface area (Å²) in [4.78, 5) is 11.2. The molecule has 2 aromatic carbocycles. The molecule has 4 nitrogen and oxygen atoms in total. The lowest BCUT2D eigenvalue weighted by molar-refractivity contribution is 0.0698. The number of benzene rings is 2. The third-order valence-corrected chi connectivity index (χ3v) is 4.48. The molecule has 0 atom stereocenters. The second-order valence-corrected chi connectivity index (χ2v) is 5.65. The molecule has 0 bridgehead atoms. The summed E-state index contributed by atoms with van der Waals surface area (Å²) in [6.45, 7) is 0. The van der Waals surface area contributed by atoms with Gasteiger partial charge in [0.05, 0.1) is 27.1 Å². The monoisotopic (exact) mass is 392 g/mol.